The van der Waals surface area contributed by atoms with Gasteiger partial charge in [0, 0.05) is 26.1 Å². The monoisotopic (exact) mass is 426 g/mol. The van der Waals surface area contributed by atoms with Crippen molar-refractivity contribution in [2.75, 3.05) is 0 Å². The zero-order chi connectivity index (χ0) is 21.0. The van der Waals surface area contributed by atoms with Gasteiger partial charge in [0.25, 0.3) is 0 Å². The molecule has 3 rings (SSSR count). The van der Waals surface area contributed by atoms with Crippen molar-refractivity contribution in [3.05, 3.63) is 54.3 Å². The van der Waals surface area contributed by atoms with Crippen LogP contribution in [0.25, 0.3) is 5.69 Å². The number of Topliss-reactive ketones (excluding diaryl/α,β-unsaturated/α-hetero) is 1. The molecule has 148 valence electrons. The molecule has 11 heteroatoms. The van der Waals surface area contributed by atoms with E-state index < -0.39 is 22.8 Å². The van der Waals surface area contributed by atoms with E-state index in [1.165, 1.54) is 27.1 Å². The number of carbonyl (C=O) groups excluding carboxylic acids is 1. The van der Waals surface area contributed by atoms with E-state index >= 15 is 0 Å². The van der Waals surface area contributed by atoms with Gasteiger partial charge in [0.1, 0.15) is 5.82 Å². The number of benzene rings is 1. The number of oxime groups is 1. The summed E-state index contributed by atoms with van der Waals surface area (Å²) in [5, 5.41) is 3.90. The lowest BCUT2D eigenvalue weighted by molar-refractivity contribution is -0.136. The van der Waals surface area contributed by atoms with Gasteiger partial charge in [-0.15, -0.1) is 0 Å². The van der Waals surface area contributed by atoms with Gasteiger partial charge in [-0.25, -0.2) is 18.5 Å². The van der Waals surface area contributed by atoms with E-state index in [1.807, 2.05) is 0 Å². The fourth-order valence-corrected chi connectivity index (χ4v) is 3.20. The number of hydrogen-bond acceptors (Lipinski definition) is 6. The Morgan fingerprint density at radius 2 is 1.86 bits per heavy atom. The van der Waals surface area contributed by atoms with Crippen LogP contribution in [0.3, 0.4) is 0 Å². The first-order valence-electron chi connectivity index (χ1n) is 8.13. The first-order valence-corrected chi connectivity index (χ1v) is 8.91. The summed E-state index contributed by atoms with van der Waals surface area (Å²) in [5.41, 5.74) is -2.52. The number of nitrogens with zero attached hydrogens (tertiary/aromatic N) is 4. The summed E-state index contributed by atoms with van der Waals surface area (Å²) in [6.45, 7) is 2.95. The number of ketones is 1. The van der Waals surface area contributed by atoms with Crippen molar-refractivity contribution in [1.82, 2.24) is 13.7 Å². The van der Waals surface area contributed by atoms with Gasteiger partial charge in [0.2, 0.25) is 0 Å². The van der Waals surface area contributed by atoms with Gasteiger partial charge in [-0.2, -0.15) is 0 Å². The molecule has 1 aliphatic rings. The third-order valence-corrected chi connectivity index (χ3v) is 5.59. The van der Waals surface area contributed by atoms with Crippen LogP contribution in [0, 0.1) is 10.6 Å². The topological polar surface area (TPSA) is 87.6 Å². The molecule has 0 N–H and O–H groups in total. The predicted octanol–water partition coefficient (Wildman–Crippen LogP) is 1.87. The van der Waals surface area contributed by atoms with E-state index in [0.29, 0.717) is 10.3 Å². The van der Waals surface area contributed by atoms with Crippen LogP contribution in [0.15, 0.2) is 26.9 Å². The molecule has 0 saturated carbocycles. The van der Waals surface area contributed by atoms with Crippen molar-refractivity contribution in [1.29, 1.82) is 0 Å². The van der Waals surface area contributed by atoms with Gasteiger partial charge in [0.05, 0.1) is 16.4 Å². The second-order valence-electron chi connectivity index (χ2n) is 6.68. The van der Waals surface area contributed by atoms with Gasteiger partial charge < -0.3 is 4.84 Å². The van der Waals surface area contributed by atoms with Crippen LogP contribution in [0.2, 0.25) is 5.02 Å². The minimum absolute atomic E-state index is 0.00513. The van der Waals surface area contributed by atoms with Crippen LogP contribution in [-0.2, 0) is 23.7 Å². The van der Waals surface area contributed by atoms with Crippen LogP contribution in [-0.4, -0.2) is 30.8 Å². The summed E-state index contributed by atoms with van der Waals surface area (Å²) in [4.78, 5) is 42.2. The fourth-order valence-electron chi connectivity index (χ4n) is 2.78. The Hall–Kier alpha value is -2.59. The predicted molar refractivity (Wildman–Crippen MR) is 103 cm³/mol. The second kappa shape index (κ2) is 6.78. The van der Waals surface area contributed by atoms with E-state index in [2.05, 4.69) is 5.16 Å². The van der Waals surface area contributed by atoms with E-state index in [1.54, 1.807) is 6.92 Å². The molecule has 0 bridgehead atoms. The zero-order valence-electron chi connectivity index (χ0n) is 15.4. The lowest BCUT2D eigenvalue weighted by atomic mass is 9.92. The molecule has 2 aromatic rings. The summed E-state index contributed by atoms with van der Waals surface area (Å²) < 4.78 is 17.4. The summed E-state index contributed by atoms with van der Waals surface area (Å²) >= 11 is 11.2. The highest BCUT2D eigenvalue weighted by Crippen LogP contribution is 2.31. The lowest BCUT2D eigenvalue weighted by Gasteiger charge is -2.17. The second-order valence-corrected chi connectivity index (χ2v) is 7.45. The maximum absolute atomic E-state index is 14.7. The Bertz CT molecular complexity index is 1190. The highest BCUT2D eigenvalue weighted by atomic mass is 35.5. The van der Waals surface area contributed by atoms with Crippen LogP contribution in [0.4, 0.5) is 4.39 Å². The fraction of sp³-hybridized carbons (Fsp3) is 0.353. The van der Waals surface area contributed by atoms with Crippen LogP contribution in [0.1, 0.15) is 25.8 Å². The van der Waals surface area contributed by atoms with Gasteiger partial charge >= 0.3 is 11.4 Å². The molecule has 0 radical (unpaired) electrons. The molecule has 2 heterocycles. The highest BCUT2D eigenvalue weighted by Gasteiger charge is 2.40. The van der Waals surface area contributed by atoms with Crippen molar-refractivity contribution in [2.24, 2.45) is 19.3 Å². The van der Waals surface area contributed by atoms with Crippen LogP contribution in [0.5, 0.6) is 0 Å². The number of aromatic nitrogens is 3. The largest absolute Gasteiger partial charge is 0.381 e. The molecular weight excluding hydrogens is 411 g/mol. The molecule has 0 fully saturated rings. The van der Waals surface area contributed by atoms with E-state index in [4.69, 9.17) is 28.7 Å². The molecule has 8 nitrogen and oxygen atoms in total. The Morgan fingerprint density at radius 1 is 1.29 bits per heavy atom. The maximum atomic E-state index is 14.7. The van der Waals surface area contributed by atoms with E-state index in [9.17, 15) is 18.8 Å². The molecule has 28 heavy (non-hydrogen) atoms. The first-order chi connectivity index (χ1) is 13.0. The summed E-state index contributed by atoms with van der Waals surface area (Å²) in [6.07, 6.45) is 0.110. The molecule has 1 aromatic heterocycles. The molecule has 1 atom stereocenters. The number of hydrogen-bond donors (Lipinski definition) is 0. The zero-order valence-corrected chi connectivity index (χ0v) is 17.0. The highest BCUT2D eigenvalue weighted by molar-refractivity contribution is 7.71. The lowest BCUT2D eigenvalue weighted by Crippen LogP contribution is -2.43. The minimum atomic E-state index is -1.16. The first kappa shape index (κ1) is 20.2. The number of rotatable bonds is 3. The molecule has 0 aliphatic carbocycles. The van der Waals surface area contributed by atoms with Gasteiger partial charge in [-0.1, -0.05) is 16.8 Å². The summed E-state index contributed by atoms with van der Waals surface area (Å²) in [6, 6.07) is 2.21. The van der Waals surface area contributed by atoms with Crippen molar-refractivity contribution in [3.63, 3.8) is 0 Å². The van der Waals surface area contributed by atoms with Crippen LogP contribution < -0.4 is 11.4 Å². The molecule has 0 amide bonds. The van der Waals surface area contributed by atoms with Crippen molar-refractivity contribution < 1.29 is 14.0 Å². The van der Waals surface area contributed by atoms with Crippen molar-refractivity contribution in [3.8, 4) is 5.69 Å². The summed E-state index contributed by atoms with van der Waals surface area (Å²) in [5.74, 6) is -1.11. The Labute approximate surface area is 168 Å². The molecule has 1 unspecified atom stereocenters. The minimum Gasteiger partial charge on any atom is -0.381 e. The van der Waals surface area contributed by atoms with E-state index in [0.717, 1.165) is 15.2 Å². The normalized spacial score (nSPS) is 18.7. The van der Waals surface area contributed by atoms with Gasteiger partial charge in [-0.05, 0) is 38.2 Å². The standard InChI is InChI=1S/C17H16ClFN4O4S/c1-8(24)17(2)7-12(20-27-17)9-5-13(11(19)6-10(9)18)23-14(25)21(3)16(28)22(4)15(23)26/h5-6H,7H2,1-4H3. The Balaban J connectivity index is 2.24. The molecular formula is C17H16ClFN4O4S. The molecule has 1 aromatic carbocycles. The molecule has 1 aliphatic heterocycles. The van der Waals surface area contributed by atoms with Gasteiger partial charge in [0.15, 0.2) is 16.2 Å². The molecule has 0 spiro atoms. The third-order valence-electron chi connectivity index (χ3n) is 4.73. The number of halogens is 2. The average Bonchev–Trinajstić information content (AvgIpc) is 3.03. The van der Waals surface area contributed by atoms with Gasteiger partial charge in [-0.3, -0.25) is 13.9 Å². The van der Waals surface area contributed by atoms with E-state index in [-0.39, 0.29) is 33.2 Å². The summed E-state index contributed by atoms with van der Waals surface area (Å²) in [7, 11) is 2.76. The Morgan fingerprint density at radius 3 is 2.36 bits per heavy atom. The smallest absolute Gasteiger partial charge is 0.338 e. The number of carbonyl (C=O) groups is 1. The average molecular weight is 427 g/mol. The Kier molecular flexibility index (Phi) is 4.88. The quantitative estimate of drug-likeness (QED) is 0.699. The van der Waals surface area contributed by atoms with Crippen molar-refractivity contribution >= 4 is 35.3 Å². The van der Waals surface area contributed by atoms with Crippen molar-refractivity contribution in [2.45, 2.75) is 25.9 Å². The SMILES string of the molecule is CC(=O)C1(C)CC(c2cc(-n3c(=O)n(C)c(=S)n(C)c3=O)c(F)cc2Cl)=NO1. The molecule has 0 saturated heterocycles. The van der Waals surface area contributed by atoms with Crippen LogP contribution >= 0.6 is 23.8 Å². The third kappa shape index (κ3) is 3.02. The maximum Gasteiger partial charge on any atom is 0.338 e.